The maximum atomic E-state index is 13.2. The topological polar surface area (TPSA) is 597 Å². The fourth-order valence-corrected chi connectivity index (χ4v) is 9.09. The van der Waals surface area contributed by atoms with Gasteiger partial charge in [-0.2, -0.15) is 0 Å². The summed E-state index contributed by atoms with van der Waals surface area (Å²) in [5.74, 6) is -16.3. The van der Waals surface area contributed by atoms with Crippen molar-refractivity contribution in [3.63, 3.8) is 0 Å². The van der Waals surface area contributed by atoms with E-state index in [0.717, 1.165) is 0 Å². The summed E-state index contributed by atoms with van der Waals surface area (Å²) in [6.07, 6.45) is -46.2. The number of aliphatic hydroxyl groups is 14. The largest absolute Gasteiger partial charge is 0.477 e. The van der Waals surface area contributed by atoms with E-state index in [-0.39, 0.29) is 0 Å². The molecule has 23 N–H and O–H groups in total. The number of phosphoric acid groups is 1. The Morgan fingerprint density at radius 3 is 1.60 bits per heavy atom. The lowest BCUT2D eigenvalue weighted by Gasteiger charge is -2.50. The van der Waals surface area contributed by atoms with Crippen LogP contribution in [-0.4, -0.2) is 299 Å². The van der Waals surface area contributed by atoms with Gasteiger partial charge in [0.15, 0.2) is 12.6 Å². The zero-order valence-corrected chi connectivity index (χ0v) is 38.1. The molecule has 0 bridgehead atoms. The average Bonchev–Trinajstić information content (AvgIpc) is 3.31. The molecule has 5 saturated heterocycles. The van der Waals surface area contributed by atoms with E-state index < -0.39 is 230 Å². The number of carboxylic acids is 3. The number of phosphoric ester groups is 1. The summed E-state index contributed by atoms with van der Waals surface area (Å²) < 4.78 is 65.6. The molecular weight excluding hydrogens is 1020 g/mol. The van der Waals surface area contributed by atoms with E-state index in [1.165, 1.54) is 0 Å². The van der Waals surface area contributed by atoms with Gasteiger partial charge in [-0.05, 0) is 0 Å². The molecule has 5 fully saturated rings. The zero-order chi connectivity index (χ0) is 54.2. The van der Waals surface area contributed by atoms with E-state index in [2.05, 4.69) is 4.52 Å². The Kier molecular flexibility index (Phi) is 20.0. The van der Waals surface area contributed by atoms with E-state index in [1.54, 1.807) is 0 Å². The van der Waals surface area contributed by atoms with Crippen LogP contribution in [-0.2, 0) is 66.1 Å². The highest BCUT2D eigenvalue weighted by molar-refractivity contribution is 7.46. The van der Waals surface area contributed by atoms with Crippen molar-refractivity contribution in [2.75, 3.05) is 33.0 Å². The van der Waals surface area contributed by atoms with Crippen molar-refractivity contribution in [3.8, 4) is 0 Å². The van der Waals surface area contributed by atoms with Gasteiger partial charge in [0.05, 0.1) is 63.4 Å². The number of hydrogen-bond acceptors (Lipinski definition) is 30. The van der Waals surface area contributed by atoms with Crippen molar-refractivity contribution < 1.29 is 163 Å². The van der Waals surface area contributed by atoms with Crippen molar-refractivity contribution in [3.05, 3.63) is 0 Å². The minimum Gasteiger partial charge on any atom is -0.477 e. The summed E-state index contributed by atoms with van der Waals surface area (Å²) >= 11 is 0. The van der Waals surface area contributed by atoms with Crippen molar-refractivity contribution >= 4 is 25.7 Å². The number of rotatable bonds is 21. The van der Waals surface area contributed by atoms with E-state index in [1.807, 2.05) is 0 Å². The molecule has 0 spiro atoms. The van der Waals surface area contributed by atoms with E-state index in [4.69, 9.17) is 54.1 Å². The molecule has 0 saturated carbocycles. The molecule has 72 heavy (non-hydrogen) atoms. The summed E-state index contributed by atoms with van der Waals surface area (Å²) in [5, 5.41) is 178. The van der Waals surface area contributed by atoms with Crippen LogP contribution in [0, 0.1) is 0 Å². The van der Waals surface area contributed by atoms with Crippen LogP contribution in [0.2, 0.25) is 0 Å². The fourth-order valence-electron chi connectivity index (χ4n) is 8.51. The summed E-state index contributed by atoms with van der Waals surface area (Å²) in [6.45, 7) is -5.95. The van der Waals surface area contributed by atoms with Crippen LogP contribution in [0.25, 0.3) is 0 Å². The summed E-state index contributed by atoms with van der Waals surface area (Å²) in [4.78, 5) is 58.0. The van der Waals surface area contributed by atoms with Crippen LogP contribution in [0.4, 0.5) is 0 Å². The predicted molar refractivity (Wildman–Crippen MR) is 215 cm³/mol. The second-order valence-corrected chi connectivity index (χ2v) is 18.8. The highest BCUT2D eigenvalue weighted by Gasteiger charge is 2.62. The molecule has 418 valence electrons. The second kappa shape index (κ2) is 23.8. The number of carboxylic acid groups (broad SMARTS) is 3. The van der Waals surface area contributed by atoms with E-state index in [0.29, 0.717) is 0 Å². The van der Waals surface area contributed by atoms with E-state index in [9.17, 15) is 116 Å². The van der Waals surface area contributed by atoms with Gasteiger partial charge in [-0.1, -0.05) is 0 Å². The molecule has 2 unspecified atom stereocenters. The quantitative estimate of drug-likeness (QED) is 0.0475. The number of hydrogen-bond donors (Lipinski definition) is 21. The second-order valence-electron chi connectivity index (χ2n) is 17.6. The maximum absolute atomic E-state index is 13.2. The third-order valence-electron chi connectivity index (χ3n) is 12.6. The SMILES string of the molecule is N[C@H]1[C@H](OC[C@H]2OC(O)[C@H](N)[C@@H](O)[C@@H]2O)O[C@H](CO[C@]2(C(=O)O)C[C@@H](O[C@]3(C(=O)O)CC(O)[C@@H](O)[C@@H]([C@H](O)CO[C@]4(C(=O)O)C[C@@H](O)[C@@H](O)[C@@H]([C@H](O)CO)O4)O3)[C@@H](O)[C@@H]([C@H](O)CO)O2)[C@@H](OP(=O)(O)O)[C@@H]1O. The Balaban J connectivity index is 1.42. The molecule has 0 aromatic rings. The first kappa shape index (κ1) is 60.4. The Labute approximate surface area is 403 Å². The molecule has 5 rings (SSSR count). The Hall–Kier alpha value is -2.48. The minimum absolute atomic E-state index is 0.807. The van der Waals surface area contributed by atoms with Gasteiger partial charge in [-0.15, -0.1) is 0 Å². The molecule has 0 aromatic carbocycles. The summed E-state index contributed by atoms with van der Waals surface area (Å²) in [7, 11) is -5.63. The summed E-state index contributed by atoms with van der Waals surface area (Å²) in [5.41, 5.74) is 11.6. The van der Waals surface area contributed by atoms with Gasteiger partial charge in [-0.3, -0.25) is 4.52 Å². The van der Waals surface area contributed by atoms with Crippen molar-refractivity contribution in [2.24, 2.45) is 11.5 Å². The Bertz CT molecular complexity index is 1890. The number of ether oxygens (including phenoxy) is 9. The molecule has 5 heterocycles. The third kappa shape index (κ3) is 12.8. The highest BCUT2D eigenvalue weighted by atomic mass is 31.2. The number of aliphatic hydroxyl groups excluding tert-OH is 14. The molecule has 5 aliphatic rings. The average molecular weight is 1080 g/mol. The van der Waals surface area contributed by atoms with Crippen molar-refractivity contribution in [1.82, 2.24) is 0 Å². The molecule has 0 radical (unpaired) electrons. The first-order valence-electron chi connectivity index (χ1n) is 21.6. The lowest BCUT2D eigenvalue weighted by atomic mass is 9.89. The summed E-state index contributed by atoms with van der Waals surface area (Å²) in [6, 6.07) is -3.28. The van der Waals surface area contributed by atoms with Crippen LogP contribution in [0.1, 0.15) is 19.3 Å². The van der Waals surface area contributed by atoms with Gasteiger partial charge < -0.3 is 151 Å². The van der Waals surface area contributed by atoms with Gasteiger partial charge in [0.2, 0.25) is 0 Å². The molecule has 0 amide bonds. The molecular formula is C36H61N2O33P. The smallest absolute Gasteiger partial charge is 0.470 e. The lowest BCUT2D eigenvalue weighted by molar-refractivity contribution is -0.380. The van der Waals surface area contributed by atoms with Crippen molar-refractivity contribution in [1.29, 1.82) is 0 Å². The first-order chi connectivity index (χ1) is 33.4. The van der Waals surface area contributed by atoms with Crippen LogP contribution in [0.5, 0.6) is 0 Å². The molecule has 25 atom stereocenters. The fraction of sp³-hybridized carbons (Fsp3) is 0.917. The number of nitrogens with two attached hydrogens (primary N) is 2. The Morgan fingerprint density at radius 1 is 0.597 bits per heavy atom. The molecule has 36 heteroatoms. The van der Waals surface area contributed by atoms with Crippen molar-refractivity contribution in [2.45, 2.75) is 171 Å². The molecule has 35 nitrogen and oxygen atoms in total. The predicted octanol–water partition coefficient (Wildman–Crippen LogP) is -12.3. The normalized spacial score (nSPS) is 45.4. The third-order valence-corrected chi connectivity index (χ3v) is 13.1. The van der Waals surface area contributed by atoms with Gasteiger partial charge in [0, 0.05) is 19.3 Å². The lowest BCUT2D eigenvalue weighted by Crippen LogP contribution is -2.68. The highest BCUT2D eigenvalue weighted by Crippen LogP contribution is 2.44. The first-order valence-corrected chi connectivity index (χ1v) is 23.2. The Morgan fingerprint density at radius 2 is 1.08 bits per heavy atom. The molecule has 5 aliphatic heterocycles. The van der Waals surface area contributed by atoms with Gasteiger partial charge in [0.1, 0.15) is 91.6 Å². The van der Waals surface area contributed by atoms with Gasteiger partial charge in [-0.25, -0.2) is 18.9 Å². The van der Waals surface area contributed by atoms with Gasteiger partial charge in [0.25, 0.3) is 17.4 Å². The van der Waals surface area contributed by atoms with Crippen LogP contribution in [0.15, 0.2) is 0 Å². The van der Waals surface area contributed by atoms with Crippen LogP contribution < -0.4 is 11.5 Å². The number of carbonyl (C=O) groups is 3. The van der Waals surface area contributed by atoms with Crippen LogP contribution >= 0.6 is 7.82 Å². The minimum atomic E-state index is -5.63. The zero-order valence-electron chi connectivity index (χ0n) is 37.2. The monoisotopic (exact) mass is 1080 g/mol. The number of aliphatic carboxylic acids is 3. The van der Waals surface area contributed by atoms with E-state index >= 15 is 0 Å². The standard InChI is InChI=1S/C36H61N2O33P/c37-17-23(50)21(48)15(65-29(17)52)7-62-30-18(38)24(51)28(71-72(59,60)61)16(66-30)8-64-35(32(55)56)3-14(22(49)26(69-35)12(44)5-40)67-36(33(57)58)2-10(42)20(47)27(70-36)13(45)6-63-34(31(53)54)1-9(41)19(46)25(68-34)11(43)4-39/h9-30,39-52H,1-8,37-38H2,(H,53,54)(H,55,56)(H,57,58)(H2,59,60,61)/t9-,10?,11-,12-,13-,14-,15-,16-,17-,18-,19-,20-,21-,22-,23-,24-,25-,26-,27-,28-,29?,30-,34-,35-,36-/m1/s1. The molecule has 0 aromatic heterocycles. The molecule has 0 aliphatic carbocycles. The van der Waals surface area contributed by atoms with Crippen LogP contribution in [0.3, 0.4) is 0 Å². The van der Waals surface area contributed by atoms with Gasteiger partial charge >= 0.3 is 25.7 Å². The maximum Gasteiger partial charge on any atom is 0.470 e.